The predicted molar refractivity (Wildman–Crippen MR) is 94.7 cm³/mol. The van der Waals surface area contributed by atoms with Gasteiger partial charge in [-0.3, -0.25) is 0 Å². The lowest BCUT2D eigenvalue weighted by Gasteiger charge is -2.10. The van der Waals surface area contributed by atoms with Crippen molar-refractivity contribution >= 4 is 10.9 Å². The number of hydrogen-bond donors (Lipinski definition) is 1. The number of rotatable bonds is 8. The highest BCUT2D eigenvalue weighted by molar-refractivity contribution is 5.87. The Kier molecular flexibility index (Phi) is 5.90. The van der Waals surface area contributed by atoms with Crippen molar-refractivity contribution < 1.29 is 4.74 Å². The fraction of sp³-hybridized carbons (Fsp3) is 0.579. The van der Waals surface area contributed by atoms with E-state index in [4.69, 9.17) is 4.74 Å². The summed E-state index contributed by atoms with van der Waals surface area (Å²) in [5.74, 6) is 0.966. The van der Waals surface area contributed by atoms with Crippen molar-refractivity contribution in [3.63, 3.8) is 0 Å². The van der Waals surface area contributed by atoms with Crippen LogP contribution in [0.15, 0.2) is 18.2 Å². The number of nitrogens with zero attached hydrogens (tertiary/aromatic N) is 1. The first kappa shape index (κ1) is 16.9. The number of aryl methyl sites for hydroxylation is 1. The zero-order valence-corrected chi connectivity index (χ0v) is 14.7. The molecule has 2 rings (SSSR count). The van der Waals surface area contributed by atoms with Crippen molar-refractivity contribution in [2.45, 2.75) is 66.7 Å². The maximum Gasteiger partial charge on any atom is 0.120 e. The Bertz CT molecular complexity index is 613. The average molecular weight is 302 g/mol. The molecule has 0 aliphatic carbocycles. The van der Waals surface area contributed by atoms with E-state index in [2.05, 4.69) is 62.7 Å². The van der Waals surface area contributed by atoms with Crippen LogP contribution in [-0.2, 0) is 13.1 Å². The van der Waals surface area contributed by atoms with Gasteiger partial charge in [0.2, 0.25) is 0 Å². The van der Waals surface area contributed by atoms with Crippen molar-refractivity contribution in [1.82, 2.24) is 9.88 Å². The van der Waals surface area contributed by atoms with E-state index >= 15 is 0 Å². The molecule has 0 unspecified atom stereocenters. The van der Waals surface area contributed by atoms with E-state index in [-0.39, 0.29) is 6.10 Å². The molecule has 0 aliphatic rings. The van der Waals surface area contributed by atoms with Gasteiger partial charge in [-0.05, 0) is 57.5 Å². The van der Waals surface area contributed by atoms with Gasteiger partial charge in [-0.2, -0.15) is 0 Å². The number of unbranched alkanes of at least 4 members (excludes halogenated alkanes) is 1. The Hall–Kier alpha value is -1.48. The zero-order valence-electron chi connectivity index (χ0n) is 14.7. The van der Waals surface area contributed by atoms with Gasteiger partial charge >= 0.3 is 0 Å². The maximum atomic E-state index is 5.88. The molecule has 0 fully saturated rings. The van der Waals surface area contributed by atoms with E-state index in [1.807, 2.05) is 0 Å². The molecular weight excluding hydrogens is 272 g/mol. The molecule has 22 heavy (non-hydrogen) atoms. The van der Waals surface area contributed by atoms with E-state index < -0.39 is 0 Å². The quantitative estimate of drug-likeness (QED) is 0.768. The van der Waals surface area contributed by atoms with Crippen LogP contribution >= 0.6 is 0 Å². The number of hydrogen-bond acceptors (Lipinski definition) is 2. The molecule has 1 heterocycles. The molecule has 1 aromatic carbocycles. The lowest BCUT2D eigenvalue weighted by Crippen LogP contribution is -2.12. The first-order valence-corrected chi connectivity index (χ1v) is 8.57. The first-order valence-electron chi connectivity index (χ1n) is 8.57. The molecule has 3 nitrogen and oxygen atoms in total. The zero-order chi connectivity index (χ0) is 16.1. The van der Waals surface area contributed by atoms with Gasteiger partial charge in [0.05, 0.1) is 6.10 Å². The van der Waals surface area contributed by atoms with Crippen LogP contribution in [0.25, 0.3) is 10.9 Å². The van der Waals surface area contributed by atoms with Crippen LogP contribution in [0.5, 0.6) is 5.75 Å². The van der Waals surface area contributed by atoms with Crippen LogP contribution in [-0.4, -0.2) is 17.2 Å². The number of nitrogens with one attached hydrogen (secondary N) is 1. The maximum absolute atomic E-state index is 5.88. The van der Waals surface area contributed by atoms with Gasteiger partial charge in [-0.1, -0.05) is 20.3 Å². The fourth-order valence-corrected chi connectivity index (χ4v) is 2.95. The van der Waals surface area contributed by atoms with Gasteiger partial charge in [-0.25, -0.2) is 0 Å². The normalized spacial score (nSPS) is 11.5. The van der Waals surface area contributed by atoms with Crippen LogP contribution in [0.2, 0.25) is 0 Å². The molecule has 0 atom stereocenters. The summed E-state index contributed by atoms with van der Waals surface area (Å²) in [5, 5.41) is 4.80. The monoisotopic (exact) mass is 302 g/mol. The number of aromatic nitrogens is 1. The third kappa shape index (κ3) is 3.64. The van der Waals surface area contributed by atoms with Gasteiger partial charge < -0.3 is 14.6 Å². The molecular formula is C19H30N2O. The van der Waals surface area contributed by atoms with Crippen LogP contribution in [0, 0.1) is 6.92 Å². The van der Waals surface area contributed by atoms with Crippen LogP contribution in [0.4, 0.5) is 0 Å². The van der Waals surface area contributed by atoms with E-state index in [9.17, 15) is 0 Å². The van der Waals surface area contributed by atoms with Crippen molar-refractivity contribution in [3.8, 4) is 5.75 Å². The summed E-state index contributed by atoms with van der Waals surface area (Å²) in [6.45, 7) is 13.8. The summed E-state index contributed by atoms with van der Waals surface area (Å²) in [4.78, 5) is 0. The van der Waals surface area contributed by atoms with E-state index in [1.54, 1.807) is 0 Å². The average Bonchev–Trinajstić information content (AvgIpc) is 2.73. The van der Waals surface area contributed by atoms with Crippen LogP contribution in [0.1, 0.15) is 51.8 Å². The highest BCUT2D eigenvalue weighted by Gasteiger charge is 2.14. The van der Waals surface area contributed by atoms with E-state index in [1.165, 1.54) is 35.0 Å². The molecule has 0 aliphatic heterocycles. The number of ether oxygens (including phenoxy) is 1. The number of fused-ring (bicyclic) bond motifs is 1. The van der Waals surface area contributed by atoms with Gasteiger partial charge in [0.25, 0.3) is 0 Å². The standard InChI is InChI=1S/C19H30N2O/c1-6-8-11-21-15(5)18(13-20-7-2)17-12-16(22-14(3)4)9-10-19(17)21/h9-10,12,14,20H,6-8,11,13H2,1-5H3. The minimum absolute atomic E-state index is 0.206. The minimum atomic E-state index is 0.206. The summed E-state index contributed by atoms with van der Waals surface area (Å²) < 4.78 is 8.35. The van der Waals surface area contributed by atoms with Crippen molar-refractivity contribution in [2.75, 3.05) is 6.54 Å². The second kappa shape index (κ2) is 7.68. The second-order valence-corrected chi connectivity index (χ2v) is 6.20. The molecule has 0 radical (unpaired) electrons. The van der Waals surface area contributed by atoms with E-state index in [0.717, 1.165) is 25.4 Å². The molecule has 0 saturated heterocycles. The lowest BCUT2D eigenvalue weighted by molar-refractivity contribution is 0.243. The summed E-state index contributed by atoms with van der Waals surface area (Å²) in [6, 6.07) is 6.52. The second-order valence-electron chi connectivity index (χ2n) is 6.20. The summed E-state index contributed by atoms with van der Waals surface area (Å²) in [5.41, 5.74) is 4.11. The lowest BCUT2D eigenvalue weighted by atomic mass is 10.1. The van der Waals surface area contributed by atoms with Gasteiger partial charge in [-0.15, -0.1) is 0 Å². The molecule has 1 N–H and O–H groups in total. The molecule has 1 aromatic heterocycles. The summed E-state index contributed by atoms with van der Waals surface area (Å²) in [6.07, 6.45) is 2.64. The minimum Gasteiger partial charge on any atom is -0.491 e. The summed E-state index contributed by atoms with van der Waals surface area (Å²) >= 11 is 0. The third-order valence-electron chi connectivity index (χ3n) is 4.08. The molecule has 0 amide bonds. The first-order chi connectivity index (χ1) is 10.6. The Morgan fingerprint density at radius 1 is 1.23 bits per heavy atom. The molecule has 122 valence electrons. The van der Waals surface area contributed by atoms with Crippen LogP contribution < -0.4 is 10.1 Å². The molecule has 2 aromatic rings. The highest BCUT2D eigenvalue weighted by atomic mass is 16.5. The Morgan fingerprint density at radius 2 is 2.00 bits per heavy atom. The third-order valence-corrected chi connectivity index (χ3v) is 4.08. The highest BCUT2D eigenvalue weighted by Crippen LogP contribution is 2.30. The smallest absolute Gasteiger partial charge is 0.120 e. The Balaban J connectivity index is 2.48. The topological polar surface area (TPSA) is 26.2 Å². The van der Waals surface area contributed by atoms with Crippen molar-refractivity contribution in [1.29, 1.82) is 0 Å². The SMILES string of the molecule is CCCCn1c(C)c(CNCC)c2cc(OC(C)C)ccc21. The van der Waals surface area contributed by atoms with Crippen molar-refractivity contribution in [3.05, 3.63) is 29.5 Å². The molecule has 3 heteroatoms. The Morgan fingerprint density at radius 3 is 2.64 bits per heavy atom. The summed E-state index contributed by atoms with van der Waals surface area (Å²) in [7, 11) is 0. The Labute approximate surface area is 134 Å². The molecule has 0 bridgehead atoms. The fourth-order valence-electron chi connectivity index (χ4n) is 2.95. The van der Waals surface area contributed by atoms with Crippen molar-refractivity contribution in [2.24, 2.45) is 0 Å². The number of benzene rings is 1. The molecule has 0 spiro atoms. The van der Waals surface area contributed by atoms with Gasteiger partial charge in [0.1, 0.15) is 5.75 Å². The van der Waals surface area contributed by atoms with Gasteiger partial charge in [0.15, 0.2) is 0 Å². The van der Waals surface area contributed by atoms with E-state index in [0.29, 0.717) is 0 Å². The molecule has 0 saturated carbocycles. The van der Waals surface area contributed by atoms with Gasteiger partial charge in [0, 0.05) is 29.7 Å². The van der Waals surface area contributed by atoms with Crippen LogP contribution in [0.3, 0.4) is 0 Å². The largest absolute Gasteiger partial charge is 0.491 e. The predicted octanol–water partition coefficient (Wildman–Crippen LogP) is 4.65.